The zero-order valence-corrected chi connectivity index (χ0v) is 15.6. The molecule has 0 saturated carbocycles. The Balaban J connectivity index is 1.83. The van der Waals surface area contributed by atoms with E-state index in [2.05, 4.69) is 49.9 Å². The number of aliphatic hydroxyl groups excluding tert-OH is 1. The molecule has 2 aromatic rings. The predicted octanol–water partition coefficient (Wildman–Crippen LogP) is 4.01. The second kappa shape index (κ2) is 10.4. The molecule has 0 aliphatic heterocycles. The van der Waals surface area contributed by atoms with Gasteiger partial charge in [-0.2, -0.15) is 0 Å². The van der Waals surface area contributed by atoms with E-state index in [-0.39, 0.29) is 0 Å². The molecule has 4 nitrogen and oxygen atoms in total. The molecule has 0 bridgehead atoms. The Morgan fingerprint density at radius 1 is 1.20 bits per heavy atom. The first-order valence-electron chi connectivity index (χ1n) is 9.09. The number of hydrogen-bond acceptors (Lipinski definition) is 4. The fourth-order valence-corrected chi connectivity index (χ4v) is 2.79. The fraction of sp³-hybridized carbons (Fsp3) is 0.524. The van der Waals surface area contributed by atoms with Crippen molar-refractivity contribution in [3.05, 3.63) is 59.5 Å². The van der Waals surface area contributed by atoms with Crippen LogP contribution in [0.2, 0.25) is 0 Å². The quantitative estimate of drug-likeness (QED) is 0.668. The minimum atomic E-state index is -0.507. The van der Waals surface area contributed by atoms with Gasteiger partial charge < -0.3 is 14.3 Å². The Hall–Kier alpha value is -1.62. The van der Waals surface area contributed by atoms with Crippen LogP contribution >= 0.6 is 0 Å². The maximum atomic E-state index is 10.3. The van der Waals surface area contributed by atoms with Gasteiger partial charge in [-0.15, -0.1) is 0 Å². The number of furan rings is 1. The molecule has 0 aliphatic carbocycles. The molecule has 0 unspecified atom stereocenters. The van der Waals surface area contributed by atoms with E-state index in [1.54, 1.807) is 6.26 Å². The van der Waals surface area contributed by atoms with Crippen molar-refractivity contribution < 1.29 is 14.3 Å². The van der Waals surface area contributed by atoms with Crippen molar-refractivity contribution in [2.75, 3.05) is 19.7 Å². The lowest BCUT2D eigenvalue weighted by Gasteiger charge is -2.26. The summed E-state index contributed by atoms with van der Waals surface area (Å²) >= 11 is 0. The number of ether oxygens (including phenoxy) is 1. The summed E-state index contributed by atoms with van der Waals surface area (Å²) in [7, 11) is 0. The van der Waals surface area contributed by atoms with Gasteiger partial charge >= 0.3 is 0 Å². The number of aryl methyl sites for hydroxylation is 1. The largest absolute Gasteiger partial charge is 0.467 e. The van der Waals surface area contributed by atoms with Gasteiger partial charge in [0.1, 0.15) is 12.4 Å². The van der Waals surface area contributed by atoms with Crippen LogP contribution in [0.25, 0.3) is 0 Å². The lowest BCUT2D eigenvalue weighted by molar-refractivity contribution is 0.00325. The van der Waals surface area contributed by atoms with E-state index < -0.39 is 6.10 Å². The summed E-state index contributed by atoms with van der Waals surface area (Å²) in [5.74, 6) is 1.43. The average Bonchev–Trinajstić information content (AvgIpc) is 3.06. The fourth-order valence-electron chi connectivity index (χ4n) is 2.79. The molecule has 2 rings (SSSR count). The predicted molar refractivity (Wildman–Crippen MR) is 100 cm³/mol. The van der Waals surface area contributed by atoms with Crippen LogP contribution in [-0.4, -0.2) is 35.8 Å². The topological polar surface area (TPSA) is 45.8 Å². The molecule has 0 radical (unpaired) electrons. The first-order chi connectivity index (χ1) is 12.0. The molecular formula is C21H31NO3. The monoisotopic (exact) mass is 345 g/mol. The first-order valence-corrected chi connectivity index (χ1v) is 9.09. The maximum absolute atomic E-state index is 10.3. The molecule has 0 amide bonds. The number of hydrogen-bond donors (Lipinski definition) is 1. The van der Waals surface area contributed by atoms with Gasteiger partial charge in [-0.25, -0.2) is 0 Å². The van der Waals surface area contributed by atoms with E-state index in [1.165, 1.54) is 11.1 Å². The number of nitrogens with zero attached hydrogens (tertiary/aromatic N) is 1. The highest BCUT2D eigenvalue weighted by Crippen LogP contribution is 2.11. The van der Waals surface area contributed by atoms with Gasteiger partial charge in [-0.3, -0.25) is 4.90 Å². The van der Waals surface area contributed by atoms with Crippen molar-refractivity contribution in [3.8, 4) is 0 Å². The molecule has 138 valence electrons. The molecule has 0 aliphatic rings. The van der Waals surface area contributed by atoms with Crippen LogP contribution in [0.4, 0.5) is 0 Å². The van der Waals surface area contributed by atoms with Crippen LogP contribution in [0.3, 0.4) is 0 Å². The Labute approximate surface area is 151 Å². The highest BCUT2D eigenvalue weighted by atomic mass is 16.5. The highest BCUT2D eigenvalue weighted by molar-refractivity contribution is 5.22. The second-order valence-electron chi connectivity index (χ2n) is 7.16. The van der Waals surface area contributed by atoms with Crippen molar-refractivity contribution in [3.63, 3.8) is 0 Å². The summed E-state index contributed by atoms with van der Waals surface area (Å²) in [4.78, 5) is 2.32. The third-order valence-corrected chi connectivity index (χ3v) is 4.11. The van der Waals surface area contributed by atoms with Gasteiger partial charge in [0, 0.05) is 13.1 Å². The lowest BCUT2D eigenvalue weighted by atomic mass is 10.1. The normalized spacial score (nSPS) is 12.9. The van der Waals surface area contributed by atoms with E-state index in [9.17, 15) is 5.11 Å². The van der Waals surface area contributed by atoms with Crippen molar-refractivity contribution >= 4 is 0 Å². The highest BCUT2D eigenvalue weighted by Gasteiger charge is 2.14. The molecule has 25 heavy (non-hydrogen) atoms. The summed E-state index contributed by atoms with van der Waals surface area (Å²) in [6.07, 6.45) is 2.24. The van der Waals surface area contributed by atoms with Gasteiger partial charge in [-0.1, -0.05) is 43.7 Å². The Morgan fingerprint density at radius 3 is 2.72 bits per heavy atom. The number of benzene rings is 1. The smallest absolute Gasteiger partial charge is 0.129 e. The van der Waals surface area contributed by atoms with Crippen molar-refractivity contribution in [1.29, 1.82) is 0 Å². The van der Waals surface area contributed by atoms with Crippen LogP contribution in [-0.2, 0) is 17.9 Å². The molecular weight excluding hydrogens is 314 g/mol. The van der Waals surface area contributed by atoms with Crippen LogP contribution in [0.15, 0.2) is 47.1 Å². The number of rotatable bonds is 11. The Kier molecular flexibility index (Phi) is 8.19. The van der Waals surface area contributed by atoms with Gasteiger partial charge in [0.2, 0.25) is 0 Å². The molecule has 1 N–H and O–H groups in total. The van der Waals surface area contributed by atoms with Crippen molar-refractivity contribution in [2.24, 2.45) is 5.92 Å². The van der Waals surface area contributed by atoms with Gasteiger partial charge in [-0.05, 0) is 43.5 Å². The zero-order valence-electron chi connectivity index (χ0n) is 15.6. The second-order valence-corrected chi connectivity index (χ2v) is 7.16. The average molecular weight is 345 g/mol. The van der Waals surface area contributed by atoms with E-state index in [4.69, 9.17) is 9.15 Å². The summed E-state index contributed by atoms with van der Waals surface area (Å²) < 4.78 is 10.8. The molecule has 0 spiro atoms. The van der Waals surface area contributed by atoms with Gasteiger partial charge in [0.15, 0.2) is 0 Å². The number of aliphatic hydroxyl groups is 1. The van der Waals surface area contributed by atoms with E-state index in [1.807, 2.05) is 12.1 Å². The first kappa shape index (κ1) is 19.7. The lowest BCUT2D eigenvalue weighted by Crippen LogP contribution is -2.35. The molecule has 1 heterocycles. The van der Waals surface area contributed by atoms with E-state index >= 15 is 0 Å². The van der Waals surface area contributed by atoms with Gasteiger partial charge in [0.05, 0.1) is 19.0 Å². The summed E-state index contributed by atoms with van der Waals surface area (Å²) in [6, 6.07) is 12.3. The maximum Gasteiger partial charge on any atom is 0.129 e. The molecule has 4 heteroatoms. The summed E-state index contributed by atoms with van der Waals surface area (Å²) in [6.45, 7) is 9.71. The molecule has 0 saturated heterocycles. The van der Waals surface area contributed by atoms with E-state index in [0.717, 1.165) is 25.3 Å². The minimum Gasteiger partial charge on any atom is -0.467 e. The minimum absolute atomic E-state index is 0.312. The van der Waals surface area contributed by atoms with E-state index in [0.29, 0.717) is 25.7 Å². The van der Waals surface area contributed by atoms with Crippen LogP contribution in [0.5, 0.6) is 0 Å². The molecule has 1 aromatic heterocycles. The third kappa shape index (κ3) is 7.86. The molecule has 0 fully saturated rings. The Morgan fingerprint density at radius 2 is 2.04 bits per heavy atom. The van der Waals surface area contributed by atoms with Crippen molar-refractivity contribution in [1.82, 2.24) is 4.90 Å². The standard InChI is InChI=1S/C21H31NO3/c1-17(2)9-10-22(13-19-7-4-6-18(3)12-19)14-20(23)15-24-16-21-8-5-11-25-21/h4-8,11-12,17,20,23H,9-10,13-16H2,1-3H3/t20-/m0/s1. The van der Waals surface area contributed by atoms with Crippen molar-refractivity contribution in [2.45, 2.75) is 46.4 Å². The molecule has 1 atom stereocenters. The summed E-state index contributed by atoms with van der Waals surface area (Å²) in [5, 5.41) is 10.3. The third-order valence-electron chi connectivity index (χ3n) is 4.11. The van der Waals surface area contributed by atoms with Crippen LogP contribution in [0, 0.1) is 12.8 Å². The molecule has 1 aromatic carbocycles. The van der Waals surface area contributed by atoms with Gasteiger partial charge in [0.25, 0.3) is 0 Å². The van der Waals surface area contributed by atoms with Crippen LogP contribution < -0.4 is 0 Å². The SMILES string of the molecule is Cc1cccc(CN(CCC(C)C)C[C@H](O)COCc2ccco2)c1. The zero-order chi connectivity index (χ0) is 18.1. The summed E-state index contributed by atoms with van der Waals surface area (Å²) in [5.41, 5.74) is 2.55. The van der Waals surface area contributed by atoms with Crippen LogP contribution in [0.1, 0.15) is 37.2 Å². The Bertz CT molecular complexity index is 595.